The summed E-state index contributed by atoms with van der Waals surface area (Å²) in [5.41, 5.74) is 2.28. The molecule has 0 fully saturated rings. The normalized spacial score (nSPS) is 9.61. The molecule has 0 unspecified atom stereocenters. The van der Waals surface area contributed by atoms with Gasteiger partial charge in [0.25, 0.3) is 0 Å². The lowest BCUT2D eigenvalue weighted by atomic mass is 10.1. The van der Waals surface area contributed by atoms with Crippen LogP contribution >= 0.6 is 0 Å². The molecule has 0 bridgehead atoms. The van der Waals surface area contributed by atoms with Gasteiger partial charge in [0.2, 0.25) is 0 Å². The van der Waals surface area contributed by atoms with Gasteiger partial charge in [-0.25, -0.2) is 4.79 Å². The Kier molecular flexibility index (Phi) is 7.63. The monoisotopic (exact) mass is 251 g/mol. The summed E-state index contributed by atoms with van der Waals surface area (Å²) in [6, 6.07) is 5.36. The van der Waals surface area contributed by atoms with Gasteiger partial charge < -0.3 is 15.2 Å². The van der Waals surface area contributed by atoms with E-state index in [4.69, 9.17) is 5.11 Å². The van der Waals surface area contributed by atoms with Crippen LogP contribution in [0.15, 0.2) is 18.2 Å². The zero-order chi connectivity index (χ0) is 14.1. The van der Waals surface area contributed by atoms with Crippen LogP contribution in [0.4, 0.5) is 0 Å². The van der Waals surface area contributed by atoms with Crippen LogP contribution in [0.1, 0.15) is 35.3 Å². The van der Waals surface area contributed by atoms with Gasteiger partial charge in [0.05, 0.1) is 5.56 Å². The molecule has 1 rings (SSSR count). The Hall–Kier alpha value is -1.68. The Morgan fingerprint density at radius 1 is 1.44 bits per heavy atom. The highest BCUT2D eigenvalue weighted by Crippen LogP contribution is 2.10. The molecule has 4 nitrogen and oxygen atoms in total. The Balaban J connectivity index is 0.000000494. The van der Waals surface area contributed by atoms with Crippen LogP contribution in [0.3, 0.4) is 0 Å². The topological polar surface area (TPSA) is 66.4 Å². The molecule has 0 radical (unpaired) electrons. The van der Waals surface area contributed by atoms with E-state index in [0.29, 0.717) is 5.56 Å². The molecule has 1 aromatic rings. The molecule has 0 aliphatic carbocycles. The number of rotatable bonds is 4. The average molecular weight is 251 g/mol. The van der Waals surface area contributed by atoms with Crippen molar-refractivity contribution in [1.82, 2.24) is 5.32 Å². The summed E-state index contributed by atoms with van der Waals surface area (Å²) in [4.78, 5) is 20.2. The van der Waals surface area contributed by atoms with Crippen molar-refractivity contribution >= 4 is 12.3 Å². The lowest BCUT2D eigenvalue weighted by molar-refractivity contribution is -0.110. The van der Waals surface area contributed by atoms with E-state index in [-0.39, 0.29) is 5.92 Å². The first-order valence-corrected chi connectivity index (χ1v) is 5.85. The van der Waals surface area contributed by atoms with Gasteiger partial charge in [-0.2, -0.15) is 0 Å². The highest BCUT2D eigenvalue weighted by molar-refractivity contribution is 5.89. The predicted molar refractivity (Wildman–Crippen MR) is 71.8 cm³/mol. The number of carbonyl (C=O) groups is 2. The standard InChI is InChI=1S/C10H13NO2.C4H8O/c1-7-5-8(6-11-2)3-4-9(7)10(12)13;1-4(2)3-5/h3-5,11H,6H2,1-2H3,(H,12,13);3-4H,1-2H3. The average Bonchev–Trinajstić information content (AvgIpc) is 2.29. The van der Waals surface area contributed by atoms with E-state index in [1.54, 1.807) is 6.07 Å². The second kappa shape index (κ2) is 8.42. The largest absolute Gasteiger partial charge is 0.478 e. The molecule has 0 heterocycles. The van der Waals surface area contributed by atoms with Crippen molar-refractivity contribution < 1.29 is 14.7 Å². The fourth-order valence-electron chi connectivity index (χ4n) is 1.28. The smallest absolute Gasteiger partial charge is 0.335 e. The quantitative estimate of drug-likeness (QED) is 0.805. The molecule has 0 saturated heterocycles. The van der Waals surface area contributed by atoms with Gasteiger partial charge >= 0.3 is 5.97 Å². The van der Waals surface area contributed by atoms with E-state index in [1.165, 1.54) is 0 Å². The maximum atomic E-state index is 10.7. The number of benzene rings is 1. The molecule has 0 spiro atoms. The van der Waals surface area contributed by atoms with Gasteiger partial charge in [-0.1, -0.05) is 26.0 Å². The zero-order valence-electron chi connectivity index (χ0n) is 11.4. The molecular formula is C14H21NO3. The van der Waals surface area contributed by atoms with E-state index >= 15 is 0 Å². The van der Waals surface area contributed by atoms with Crippen LogP contribution < -0.4 is 5.32 Å². The third-order valence-electron chi connectivity index (χ3n) is 2.17. The van der Waals surface area contributed by atoms with Crippen LogP contribution in [0.5, 0.6) is 0 Å². The summed E-state index contributed by atoms with van der Waals surface area (Å²) in [7, 11) is 1.86. The summed E-state index contributed by atoms with van der Waals surface area (Å²) in [5, 5.41) is 11.8. The lowest BCUT2D eigenvalue weighted by Gasteiger charge is -2.04. The first kappa shape index (κ1) is 16.3. The summed E-state index contributed by atoms with van der Waals surface area (Å²) in [5.74, 6) is -0.663. The van der Waals surface area contributed by atoms with Crippen LogP contribution in [-0.4, -0.2) is 24.4 Å². The molecule has 0 aromatic heterocycles. The molecule has 0 aliphatic rings. The summed E-state index contributed by atoms with van der Waals surface area (Å²) in [6.07, 6.45) is 0.917. The molecule has 0 atom stereocenters. The number of aromatic carboxylic acids is 1. The zero-order valence-corrected chi connectivity index (χ0v) is 11.4. The van der Waals surface area contributed by atoms with Gasteiger partial charge in [0.15, 0.2) is 0 Å². The summed E-state index contributed by atoms with van der Waals surface area (Å²) in [6.45, 7) is 6.28. The number of aryl methyl sites for hydroxylation is 1. The van der Waals surface area contributed by atoms with E-state index in [0.717, 1.165) is 24.0 Å². The minimum Gasteiger partial charge on any atom is -0.478 e. The number of nitrogens with one attached hydrogen (secondary N) is 1. The van der Waals surface area contributed by atoms with Crippen LogP contribution in [0.25, 0.3) is 0 Å². The molecule has 4 heteroatoms. The third kappa shape index (κ3) is 6.15. The Morgan fingerprint density at radius 2 is 2.00 bits per heavy atom. The molecular weight excluding hydrogens is 230 g/mol. The van der Waals surface area contributed by atoms with E-state index < -0.39 is 5.97 Å². The Morgan fingerprint density at radius 3 is 2.33 bits per heavy atom. The molecule has 100 valence electrons. The van der Waals surface area contributed by atoms with Crippen molar-refractivity contribution in [1.29, 1.82) is 0 Å². The van der Waals surface area contributed by atoms with Crippen molar-refractivity contribution in [2.45, 2.75) is 27.3 Å². The van der Waals surface area contributed by atoms with E-state index in [1.807, 2.05) is 40.0 Å². The summed E-state index contributed by atoms with van der Waals surface area (Å²) >= 11 is 0. The second-order valence-corrected chi connectivity index (χ2v) is 4.36. The first-order chi connectivity index (χ1) is 8.42. The van der Waals surface area contributed by atoms with Gasteiger partial charge in [-0.3, -0.25) is 0 Å². The summed E-state index contributed by atoms with van der Waals surface area (Å²) < 4.78 is 0. The first-order valence-electron chi connectivity index (χ1n) is 5.85. The number of hydrogen-bond acceptors (Lipinski definition) is 3. The molecule has 0 saturated carbocycles. The van der Waals surface area contributed by atoms with Crippen molar-refractivity contribution in [3.8, 4) is 0 Å². The molecule has 1 aromatic carbocycles. The maximum Gasteiger partial charge on any atom is 0.335 e. The van der Waals surface area contributed by atoms with E-state index in [2.05, 4.69) is 5.32 Å². The number of aldehydes is 1. The Bertz CT molecular complexity index is 400. The highest BCUT2D eigenvalue weighted by Gasteiger charge is 2.06. The maximum absolute atomic E-state index is 10.7. The van der Waals surface area contributed by atoms with Gasteiger partial charge in [-0.05, 0) is 31.2 Å². The fraction of sp³-hybridized carbons (Fsp3) is 0.429. The number of carboxylic acids is 1. The SMILES string of the molecule is CC(C)C=O.CNCc1ccc(C(=O)O)c(C)c1. The fourth-order valence-corrected chi connectivity index (χ4v) is 1.28. The van der Waals surface area contributed by atoms with Gasteiger partial charge in [0.1, 0.15) is 6.29 Å². The number of hydrogen-bond donors (Lipinski definition) is 2. The van der Waals surface area contributed by atoms with Crippen molar-refractivity contribution in [3.63, 3.8) is 0 Å². The van der Waals surface area contributed by atoms with Crippen LogP contribution in [0, 0.1) is 12.8 Å². The number of carbonyl (C=O) groups excluding carboxylic acids is 1. The number of carboxylic acid groups (broad SMARTS) is 1. The van der Waals surface area contributed by atoms with Crippen molar-refractivity contribution in [2.75, 3.05) is 7.05 Å². The minimum absolute atomic E-state index is 0.204. The lowest BCUT2D eigenvalue weighted by Crippen LogP contribution is -2.06. The minimum atomic E-state index is -0.867. The predicted octanol–water partition coefficient (Wildman–Crippen LogP) is 2.25. The third-order valence-corrected chi connectivity index (χ3v) is 2.17. The highest BCUT2D eigenvalue weighted by atomic mass is 16.4. The van der Waals surface area contributed by atoms with Crippen LogP contribution in [0.2, 0.25) is 0 Å². The van der Waals surface area contributed by atoms with Crippen molar-refractivity contribution in [2.24, 2.45) is 5.92 Å². The molecule has 2 N–H and O–H groups in total. The van der Waals surface area contributed by atoms with Gasteiger partial charge in [-0.15, -0.1) is 0 Å². The van der Waals surface area contributed by atoms with E-state index in [9.17, 15) is 9.59 Å². The molecule has 0 aliphatic heterocycles. The molecule has 0 amide bonds. The van der Waals surface area contributed by atoms with Gasteiger partial charge in [0, 0.05) is 12.5 Å². The molecule has 18 heavy (non-hydrogen) atoms. The second-order valence-electron chi connectivity index (χ2n) is 4.36. The van der Waals surface area contributed by atoms with Crippen LogP contribution in [-0.2, 0) is 11.3 Å². The van der Waals surface area contributed by atoms with Crippen molar-refractivity contribution in [3.05, 3.63) is 34.9 Å². The Labute approximate surface area is 108 Å².